The summed E-state index contributed by atoms with van der Waals surface area (Å²) in [6, 6.07) is 0. The molecule has 1 saturated carbocycles. The Balaban J connectivity index is 2.58. The van der Waals surface area contributed by atoms with Crippen molar-refractivity contribution in [1.82, 2.24) is 0 Å². The van der Waals surface area contributed by atoms with E-state index in [0.717, 1.165) is 18.4 Å². The van der Waals surface area contributed by atoms with Gasteiger partial charge < -0.3 is 10.2 Å². The van der Waals surface area contributed by atoms with Crippen LogP contribution < -0.4 is 0 Å². The van der Waals surface area contributed by atoms with Crippen molar-refractivity contribution < 1.29 is 10.2 Å². The number of rotatable bonds is 2. The molecule has 0 amide bonds. The Morgan fingerprint density at radius 2 is 2.33 bits per heavy atom. The molecule has 0 radical (unpaired) electrons. The number of aliphatic hydroxyl groups excluding tert-OH is 1. The molecule has 2 N–H and O–H groups in total. The molecule has 2 nitrogen and oxygen atoms in total. The topological polar surface area (TPSA) is 40.5 Å². The fourth-order valence-electron chi connectivity index (χ4n) is 2.22. The molecule has 1 rings (SSSR count). The van der Waals surface area contributed by atoms with Gasteiger partial charge in [-0.15, -0.1) is 0 Å². The highest BCUT2D eigenvalue weighted by molar-refractivity contribution is 5.07. The molecule has 1 aliphatic carbocycles. The molecule has 0 heterocycles. The molecular weight excluding hydrogens is 152 g/mol. The standard InChI is InChI=1S/C10H18O2/c1-8-5-9(2)7-10(12,6-8)3-4-11/h9,11-12H,1,3-7H2,2H3. The minimum atomic E-state index is -0.677. The van der Waals surface area contributed by atoms with Gasteiger partial charge in [0.1, 0.15) is 0 Å². The molecule has 12 heavy (non-hydrogen) atoms. The Bertz CT molecular complexity index is 177. The second-order valence-corrected chi connectivity index (χ2v) is 4.14. The quantitative estimate of drug-likeness (QED) is 0.616. The van der Waals surface area contributed by atoms with E-state index in [9.17, 15) is 5.11 Å². The summed E-state index contributed by atoms with van der Waals surface area (Å²) in [7, 11) is 0. The van der Waals surface area contributed by atoms with E-state index in [0.29, 0.717) is 18.8 Å². The van der Waals surface area contributed by atoms with E-state index in [-0.39, 0.29) is 6.61 Å². The first-order valence-electron chi connectivity index (χ1n) is 4.56. The zero-order valence-electron chi connectivity index (χ0n) is 7.71. The van der Waals surface area contributed by atoms with Gasteiger partial charge in [-0.05, 0) is 31.6 Å². The van der Waals surface area contributed by atoms with Crippen molar-refractivity contribution in [3.63, 3.8) is 0 Å². The summed E-state index contributed by atoms with van der Waals surface area (Å²) >= 11 is 0. The molecule has 2 atom stereocenters. The van der Waals surface area contributed by atoms with Gasteiger partial charge in [-0.2, -0.15) is 0 Å². The largest absolute Gasteiger partial charge is 0.396 e. The molecule has 1 fully saturated rings. The second kappa shape index (κ2) is 3.58. The molecule has 0 spiro atoms. The van der Waals surface area contributed by atoms with Gasteiger partial charge in [-0.1, -0.05) is 19.1 Å². The van der Waals surface area contributed by atoms with Gasteiger partial charge in [-0.25, -0.2) is 0 Å². The second-order valence-electron chi connectivity index (χ2n) is 4.14. The summed E-state index contributed by atoms with van der Waals surface area (Å²) in [4.78, 5) is 0. The first-order chi connectivity index (χ1) is 5.56. The third kappa shape index (κ3) is 2.32. The van der Waals surface area contributed by atoms with Crippen molar-refractivity contribution in [2.75, 3.05) is 6.61 Å². The van der Waals surface area contributed by atoms with Crippen LogP contribution in [0.15, 0.2) is 12.2 Å². The third-order valence-electron chi connectivity index (χ3n) is 2.52. The van der Waals surface area contributed by atoms with Crippen molar-refractivity contribution in [3.8, 4) is 0 Å². The van der Waals surface area contributed by atoms with Gasteiger partial charge in [0.25, 0.3) is 0 Å². The molecular formula is C10H18O2. The normalized spacial score (nSPS) is 36.9. The average Bonchev–Trinajstić information content (AvgIpc) is 1.82. The number of aliphatic hydroxyl groups is 2. The van der Waals surface area contributed by atoms with Crippen molar-refractivity contribution >= 4 is 0 Å². The SMILES string of the molecule is C=C1CC(C)CC(O)(CCO)C1. The smallest absolute Gasteiger partial charge is 0.0709 e. The van der Waals surface area contributed by atoms with Crippen molar-refractivity contribution in [2.24, 2.45) is 5.92 Å². The van der Waals surface area contributed by atoms with Crippen molar-refractivity contribution in [2.45, 2.75) is 38.2 Å². The fraction of sp³-hybridized carbons (Fsp3) is 0.800. The molecule has 0 saturated heterocycles. The Morgan fingerprint density at radius 3 is 2.83 bits per heavy atom. The Kier molecular flexibility index (Phi) is 2.91. The van der Waals surface area contributed by atoms with Crippen LogP contribution in [0.1, 0.15) is 32.6 Å². The van der Waals surface area contributed by atoms with E-state index >= 15 is 0 Å². The maximum absolute atomic E-state index is 9.99. The van der Waals surface area contributed by atoms with Crippen LogP contribution in [0.25, 0.3) is 0 Å². The van der Waals surface area contributed by atoms with Crippen LogP contribution in [0.2, 0.25) is 0 Å². The Morgan fingerprint density at radius 1 is 1.67 bits per heavy atom. The summed E-state index contributed by atoms with van der Waals surface area (Å²) in [5.74, 6) is 0.503. The van der Waals surface area contributed by atoms with Gasteiger partial charge >= 0.3 is 0 Å². The molecule has 70 valence electrons. The third-order valence-corrected chi connectivity index (χ3v) is 2.52. The number of hydrogen-bond acceptors (Lipinski definition) is 2. The first kappa shape index (κ1) is 9.75. The zero-order valence-corrected chi connectivity index (χ0v) is 7.71. The first-order valence-corrected chi connectivity index (χ1v) is 4.56. The molecule has 0 aromatic carbocycles. The predicted molar refractivity (Wildman–Crippen MR) is 48.8 cm³/mol. The average molecular weight is 170 g/mol. The molecule has 0 aromatic heterocycles. The zero-order chi connectivity index (χ0) is 9.19. The van der Waals surface area contributed by atoms with Crippen LogP contribution in [-0.2, 0) is 0 Å². The van der Waals surface area contributed by atoms with Gasteiger partial charge in [0.15, 0.2) is 0 Å². The van der Waals surface area contributed by atoms with Crippen LogP contribution in [0.4, 0.5) is 0 Å². The van der Waals surface area contributed by atoms with Gasteiger partial charge in [0.05, 0.1) is 5.60 Å². The van der Waals surface area contributed by atoms with Gasteiger partial charge in [0, 0.05) is 6.61 Å². The minimum Gasteiger partial charge on any atom is -0.396 e. The van der Waals surface area contributed by atoms with Crippen LogP contribution >= 0.6 is 0 Å². The maximum atomic E-state index is 9.99. The minimum absolute atomic E-state index is 0.0660. The van der Waals surface area contributed by atoms with Crippen LogP contribution in [-0.4, -0.2) is 22.4 Å². The Hall–Kier alpha value is -0.340. The lowest BCUT2D eigenvalue weighted by Gasteiger charge is -2.36. The molecule has 0 aromatic rings. The fourth-order valence-corrected chi connectivity index (χ4v) is 2.22. The highest BCUT2D eigenvalue weighted by atomic mass is 16.3. The molecule has 0 aliphatic heterocycles. The summed E-state index contributed by atoms with van der Waals surface area (Å²) < 4.78 is 0. The van der Waals surface area contributed by atoms with E-state index in [1.165, 1.54) is 0 Å². The van der Waals surface area contributed by atoms with Crippen LogP contribution in [0.3, 0.4) is 0 Å². The lowest BCUT2D eigenvalue weighted by molar-refractivity contribution is -0.0154. The Labute approximate surface area is 73.9 Å². The van der Waals surface area contributed by atoms with Crippen LogP contribution in [0.5, 0.6) is 0 Å². The monoisotopic (exact) mass is 170 g/mol. The molecule has 1 aliphatic rings. The van der Waals surface area contributed by atoms with E-state index < -0.39 is 5.60 Å². The lowest BCUT2D eigenvalue weighted by atomic mass is 9.75. The molecule has 2 heteroatoms. The predicted octanol–water partition coefficient (Wildman–Crippen LogP) is 1.48. The van der Waals surface area contributed by atoms with Crippen LogP contribution in [0, 0.1) is 5.92 Å². The highest BCUT2D eigenvalue weighted by Crippen LogP contribution is 2.36. The maximum Gasteiger partial charge on any atom is 0.0709 e. The van der Waals surface area contributed by atoms with E-state index in [1.54, 1.807) is 0 Å². The lowest BCUT2D eigenvalue weighted by Crippen LogP contribution is -2.36. The summed E-state index contributed by atoms with van der Waals surface area (Å²) in [5.41, 5.74) is 0.438. The van der Waals surface area contributed by atoms with Gasteiger partial charge in [-0.3, -0.25) is 0 Å². The van der Waals surface area contributed by atoms with Gasteiger partial charge in [0.2, 0.25) is 0 Å². The van der Waals surface area contributed by atoms with E-state index in [4.69, 9.17) is 5.11 Å². The highest BCUT2D eigenvalue weighted by Gasteiger charge is 2.33. The van der Waals surface area contributed by atoms with Crippen molar-refractivity contribution in [3.05, 3.63) is 12.2 Å². The van der Waals surface area contributed by atoms with Crippen molar-refractivity contribution in [1.29, 1.82) is 0 Å². The van der Waals surface area contributed by atoms with E-state index in [2.05, 4.69) is 13.5 Å². The molecule has 2 unspecified atom stereocenters. The van der Waals surface area contributed by atoms with E-state index in [1.807, 2.05) is 0 Å². The molecule has 0 bridgehead atoms. The summed E-state index contributed by atoms with van der Waals surface area (Å²) in [6.07, 6.45) is 2.97. The summed E-state index contributed by atoms with van der Waals surface area (Å²) in [6.45, 7) is 6.08. The number of hydrogen-bond donors (Lipinski definition) is 2. The summed E-state index contributed by atoms with van der Waals surface area (Å²) in [5, 5.41) is 18.8.